The van der Waals surface area contributed by atoms with E-state index in [-0.39, 0.29) is 23.8 Å². The van der Waals surface area contributed by atoms with Crippen LogP contribution in [0.25, 0.3) is 10.1 Å². The molecule has 0 saturated heterocycles. The fraction of sp³-hybridized carbons (Fsp3) is 0.556. The van der Waals surface area contributed by atoms with Crippen molar-refractivity contribution >= 4 is 33.3 Å². The van der Waals surface area contributed by atoms with Gasteiger partial charge in [-0.3, -0.25) is 9.59 Å². The fourth-order valence-electron chi connectivity index (χ4n) is 5.15. The lowest BCUT2D eigenvalue weighted by molar-refractivity contribution is -0.137. The van der Waals surface area contributed by atoms with Crippen LogP contribution in [0.15, 0.2) is 35.7 Å². The molecule has 0 aliphatic heterocycles. The maximum atomic E-state index is 13.3. The van der Waals surface area contributed by atoms with Gasteiger partial charge in [0.1, 0.15) is 5.75 Å². The number of carbonyl (C=O) groups is 2. The second-order valence-corrected chi connectivity index (χ2v) is 11.1. The van der Waals surface area contributed by atoms with Gasteiger partial charge in [0.25, 0.3) is 5.91 Å². The highest BCUT2D eigenvalue weighted by atomic mass is 32.1. The summed E-state index contributed by atoms with van der Waals surface area (Å²) in [6, 6.07) is 5.99. The summed E-state index contributed by atoms with van der Waals surface area (Å²) in [5.41, 5.74) is 0.878. The molecule has 33 heavy (non-hydrogen) atoms. The van der Waals surface area contributed by atoms with Gasteiger partial charge in [-0.2, -0.15) is 0 Å². The normalized spacial score (nSPS) is 21.4. The molecule has 5 nitrogen and oxygen atoms in total. The van der Waals surface area contributed by atoms with E-state index in [4.69, 9.17) is 9.84 Å². The summed E-state index contributed by atoms with van der Waals surface area (Å²) < 4.78 is 6.44. The zero-order chi connectivity index (χ0) is 24.0. The lowest BCUT2D eigenvalue weighted by Crippen LogP contribution is -2.48. The third-order valence-electron chi connectivity index (χ3n) is 6.85. The SMILES string of the molecule is COc1ccc2scc(C(=O)NC3CCC[C@@H](C(C)(C)C)[C@@H]3CC=CCCCC(=O)O)c2c1. The Labute approximate surface area is 201 Å². The van der Waals surface area contributed by atoms with Crippen molar-refractivity contribution in [3.8, 4) is 5.75 Å². The average Bonchev–Trinajstić information content (AvgIpc) is 3.19. The molecule has 1 fully saturated rings. The monoisotopic (exact) mass is 471 g/mol. The zero-order valence-corrected chi connectivity index (χ0v) is 21.0. The quantitative estimate of drug-likeness (QED) is 0.316. The Kier molecular flexibility index (Phi) is 8.57. The van der Waals surface area contributed by atoms with E-state index >= 15 is 0 Å². The van der Waals surface area contributed by atoms with Gasteiger partial charge < -0.3 is 15.2 Å². The number of carbonyl (C=O) groups excluding carboxylic acids is 1. The summed E-state index contributed by atoms with van der Waals surface area (Å²) in [5, 5.41) is 15.1. The van der Waals surface area contributed by atoms with Crippen molar-refractivity contribution in [2.24, 2.45) is 17.3 Å². The van der Waals surface area contributed by atoms with E-state index in [1.54, 1.807) is 18.4 Å². The number of thiophene rings is 1. The van der Waals surface area contributed by atoms with E-state index in [1.165, 1.54) is 6.42 Å². The van der Waals surface area contributed by atoms with Gasteiger partial charge in [0, 0.05) is 27.9 Å². The number of hydrogen-bond donors (Lipinski definition) is 2. The van der Waals surface area contributed by atoms with Crippen LogP contribution < -0.4 is 10.1 Å². The summed E-state index contributed by atoms with van der Waals surface area (Å²) >= 11 is 1.58. The highest BCUT2D eigenvalue weighted by Gasteiger charge is 2.39. The van der Waals surface area contributed by atoms with Crippen LogP contribution >= 0.6 is 11.3 Å². The molecule has 1 aliphatic carbocycles. The van der Waals surface area contributed by atoms with Gasteiger partial charge in [0.15, 0.2) is 0 Å². The number of carboxylic acid groups (broad SMARTS) is 1. The number of amides is 1. The Bertz CT molecular complexity index is 988. The van der Waals surface area contributed by atoms with Crippen molar-refractivity contribution in [2.75, 3.05) is 7.11 Å². The minimum absolute atomic E-state index is 0.00972. The maximum absolute atomic E-state index is 13.3. The molecule has 1 aliphatic rings. The molecule has 1 unspecified atom stereocenters. The number of rotatable bonds is 9. The van der Waals surface area contributed by atoms with Crippen LogP contribution in [-0.2, 0) is 4.79 Å². The summed E-state index contributed by atoms with van der Waals surface area (Å²) in [6.45, 7) is 6.89. The van der Waals surface area contributed by atoms with Crippen LogP contribution in [0, 0.1) is 17.3 Å². The Morgan fingerprint density at radius 3 is 2.73 bits per heavy atom. The van der Waals surface area contributed by atoms with E-state index in [0.717, 1.165) is 47.1 Å². The van der Waals surface area contributed by atoms with Gasteiger partial charge in [0.05, 0.1) is 12.7 Å². The predicted molar refractivity (Wildman–Crippen MR) is 135 cm³/mol. The van der Waals surface area contributed by atoms with Gasteiger partial charge >= 0.3 is 5.97 Å². The molecular formula is C27H37NO4S. The molecule has 2 aromatic rings. The van der Waals surface area contributed by atoms with Gasteiger partial charge in [-0.15, -0.1) is 11.3 Å². The first kappa shape index (κ1) is 25.3. The molecule has 1 aromatic carbocycles. The molecule has 3 rings (SSSR count). The first-order valence-corrected chi connectivity index (χ1v) is 12.8. The molecule has 2 N–H and O–H groups in total. The van der Waals surface area contributed by atoms with Gasteiger partial charge in [-0.05, 0) is 67.6 Å². The first-order chi connectivity index (χ1) is 15.7. The molecule has 1 amide bonds. The fourth-order valence-corrected chi connectivity index (χ4v) is 6.07. The number of methoxy groups -OCH3 is 1. The summed E-state index contributed by atoms with van der Waals surface area (Å²) in [6.07, 6.45) is 10.1. The van der Waals surface area contributed by atoms with E-state index in [1.807, 2.05) is 23.6 Å². The van der Waals surface area contributed by atoms with Crippen LogP contribution in [-0.4, -0.2) is 30.1 Å². The van der Waals surface area contributed by atoms with Crippen LogP contribution in [0.4, 0.5) is 0 Å². The second-order valence-electron chi connectivity index (χ2n) is 10.2. The number of ether oxygens (including phenoxy) is 1. The molecule has 0 bridgehead atoms. The topological polar surface area (TPSA) is 75.6 Å². The standard InChI is InChI=1S/C27H37NO4S/c1-27(2,3)22-11-9-12-23(19(22)10-7-5-6-8-13-25(29)30)28-26(31)21-17-33-24-15-14-18(32-4)16-20(21)24/h5,7,14-17,19,22-23H,6,8-13H2,1-4H3,(H,28,31)(H,29,30)/t19-,22+,23?/m0/s1. The van der Waals surface area contributed by atoms with Crippen LogP contribution in [0.3, 0.4) is 0 Å². The Morgan fingerprint density at radius 2 is 2.03 bits per heavy atom. The van der Waals surface area contributed by atoms with Crippen LogP contribution in [0.5, 0.6) is 5.75 Å². The van der Waals surface area contributed by atoms with E-state index < -0.39 is 5.97 Å². The van der Waals surface area contributed by atoms with E-state index in [0.29, 0.717) is 18.3 Å². The molecule has 0 radical (unpaired) electrons. The average molecular weight is 472 g/mol. The molecule has 1 heterocycles. The molecule has 0 spiro atoms. The van der Waals surface area contributed by atoms with Crippen molar-refractivity contribution in [1.29, 1.82) is 0 Å². The van der Waals surface area contributed by atoms with Crippen molar-refractivity contribution < 1.29 is 19.4 Å². The number of nitrogens with one attached hydrogen (secondary N) is 1. The largest absolute Gasteiger partial charge is 0.497 e. The number of unbranched alkanes of at least 4 members (excludes halogenated alkanes) is 1. The number of aliphatic carboxylic acids is 1. The van der Waals surface area contributed by atoms with Crippen molar-refractivity contribution in [2.45, 2.75) is 71.8 Å². The lowest BCUT2D eigenvalue weighted by atomic mass is 9.63. The van der Waals surface area contributed by atoms with Crippen molar-refractivity contribution in [3.63, 3.8) is 0 Å². The van der Waals surface area contributed by atoms with Crippen molar-refractivity contribution in [3.05, 3.63) is 41.3 Å². The third-order valence-corrected chi connectivity index (χ3v) is 7.82. The number of hydrogen-bond acceptors (Lipinski definition) is 4. The molecular weight excluding hydrogens is 434 g/mol. The van der Waals surface area contributed by atoms with Gasteiger partial charge in [0.2, 0.25) is 0 Å². The second kappa shape index (κ2) is 11.2. The van der Waals surface area contributed by atoms with Crippen LogP contribution in [0.1, 0.15) is 76.1 Å². The van der Waals surface area contributed by atoms with Gasteiger partial charge in [-0.1, -0.05) is 39.3 Å². The molecule has 180 valence electrons. The highest BCUT2D eigenvalue weighted by molar-refractivity contribution is 7.17. The first-order valence-electron chi connectivity index (χ1n) is 11.9. The van der Waals surface area contributed by atoms with E-state index in [9.17, 15) is 9.59 Å². The van der Waals surface area contributed by atoms with Crippen molar-refractivity contribution in [1.82, 2.24) is 5.32 Å². The number of fused-ring (bicyclic) bond motifs is 1. The number of carboxylic acids is 1. The lowest BCUT2D eigenvalue weighted by Gasteiger charge is -2.45. The molecule has 3 atom stereocenters. The van der Waals surface area contributed by atoms with Crippen LogP contribution in [0.2, 0.25) is 0 Å². The van der Waals surface area contributed by atoms with E-state index in [2.05, 4.69) is 38.2 Å². The molecule has 1 aromatic heterocycles. The zero-order valence-electron chi connectivity index (χ0n) is 20.2. The smallest absolute Gasteiger partial charge is 0.303 e. The minimum Gasteiger partial charge on any atom is -0.497 e. The third kappa shape index (κ3) is 6.59. The van der Waals surface area contributed by atoms with Gasteiger partial charge in [-0.25, -0.2) is 0 Å². The summed E-state index contributed by atoms with van der Waals surface area (Å²) in [5.74, 6) is 0.873. The summed E-state index contributed by atoms with van der Waals surface area (Å²) in [7, 11) is 1.64. The number of allylic oxidation sites excluding steroid dienone is 2. The molecule has 6 heteroatoms. The Hall–Kier alpha value is -2.34. The Morgan fingerprint density at radius 1 is 1.24 bits per heavy atom. The summed E-state index contributed by atoms with van der Waals surface area (Å²) in [4.78, 5) is 24.1. The molecule has 1 saturated carbocycles. The Balaban J connectivity index is 1.75. The number of benzene rings is 1. The minimum atomic E-state index is -0.746. The predicted octanol–water partition coefficient (Wildman–Crippen LogP) is 6.67. The highest BCUT2D eigenvalue weighted by Crippen LogP contribution is 2.44. The maximum Gasteiger partial charge on any atom is 0.303 e.